The van der Waals surface area contributed by atoms with Crippen molar-refractivity contribution < 1.29 is 13.6 Å². The zero-order chi connectivity index (χ0) is 17.1. The van der Waals surface area contributed by atoms with Gasteiger partial charge in [0.25, 0.3) is 0 Å². The van der Waals surface area contributed by atoms with Gasteiger partial charge in [-0.3, -0.25) is 4.79 Å². The van der Waals surface area contributed by atoms with Gasteiger partial charge in [-0.2, -0.15) is 0 Å². The number of nitrogens with one attached hydrogen (secondary N) is 1. The van der Waals surface area contributed by atoms with E-state index in [0.29, 0.717) is 10.7 Å². The van der Waals surface area contributed by atoms with Crippen LogP contribution in [0.2, 0.25) is 15.1 Å². The van der Waals surface area contributed by atoms with Crippen LogP contribution in [0.15, 0.2) is 30.3 Å². The fourth-order valence-electron chi connectivity index (χ4n) is 1.87. The monoisotopic (exact) mass is 378 g/mol. The largest absolute Gasteiger partial charge is 0.365 e. The lowest BCUT2D eigenvalue weighted by molar-refractivity contribution is -0.114. The molecule has 0 bridgehead atoms. The molecule has 3 nitrogen and oxygen atoms in total. The predicted octanol–water partition coefficient (Wildman–Crippen LogP) is 5.00. The summed E-state index contributed by atoms with van der Waals surface area (Å²) in [7, 11) is 1.57. The van der Waals surface area contributed by atoms with Crippen molar-refractivity contribution in [3.63, 3.8) is 0 Å². The van der Waals surface area contributed by atoms with Gasteiger partial charge in [-0.25, -0.2) is 8.78 Å². The average molecular weight is 380 g/mol. The standard InChI is InChI=1S/C15H11Cl3F2N2O/c1-22(9-2-3-12(19)13(20)6-9)7-14(23)21-15-10(17)4-8(16)5-11(15)18/h2-6H,7H2,1H3,(H,21,23). The molecule has 2 aromatic carbocycles. The molecule has 1 N–H and O–H groups in total. The van der Waals surface area contributed by atoms with Crippen LogP contribution < -0.4 is 10.2 Å². The maximum atomic E-state index is 13.2. The molecule has 0 unspecified atom stereocenters. The maximum absolute atomic E-state index is 13.2. The summed E-state index contributed by atoms with van der Waals surface area (Å²) >= 11 is 17.8. The highest BCUT2D eigenvalue weighted by atomic mass is 35.5. The maximum Gasteiger partial charge on any atom is 0.243 e. The molecule has 23 heavy (non-hydrogen) atoms. The summed E-state index contributed by atoms with van der Waals surface area (Å²) in [5.41, 5.74) is 0.591. The van der Waals surface area contributed by atoms with E-state index in [1.165, 1.54) is 23.1 Å². The lowest BCUT2D eigenvalue weighted by Gasteiger charge is -2.19. The zero-order valence-electron chi connectivity index (χ0n) is 11.8. The molecule has 0 atom stereocenters. The number of likely N-dealkylation sites (N-methyl/N-ethyl adjacent to an activating group) is 1. The van der Waals surface area contributed by atoms with Crippen molar-refractivity contribution >= 4 is 52.1 Å². The van der Waals surface area contributed by atoms with Crippen molar-refractivity contribution in [3.8, 4) is 0 Å². The quantitative estimate of drug-likeness (QED) is 0.811. The van der Waals surface area contributed by atoms with Crippen molar-refractivity contribution in [3.05, 3.63) is 57.0 Å². The first-order valence-electron chi connectivity index (χ1n) is 6.38. The van der Waals surface area contributed by atoms with Crippen molar-refractivity contribution in [2.75, 3.05) is 23.8 Å². The van der Waals surface area contributed by atoms with E-state index in [2.05, 4.69) is 5.32 Å². The van der Waals surface area contributed by atoms with Gasteiger partial charge < -0.3 is 10.2 Å². The Morgan fingerprint density at radius 1 is 1.09 bits per heavy atom. The zero-order valence-corrected chi connectivity index (χ0v) is 14.1. The van der Waals surface area contributed by atoms with Gasteiger partial charge in [0.05, 0.1) is 22.3 Å². The summed E-state index contributed by atoms with van der Waals surface area (Å²) in [5, 5.41) is 3.31. The van der Waals surface area contributed by atoms with E-state index in [1.807, 2.05) is 0 Å². The normalized spacial score (nSPS) is 10.5. The molecule has 0 aliphatic heterocycles. The summed E-state index contributed by atoms with van der Waals surface area (Å²) in [5.74, 6) is -2.37. The fourth-order valence-corrected chi connectivity index (χ4v) is 2.78. The lowest BCUT2D eigenvalue weighted by Crippen LogP contribution is -2.30. The summed E-state index contributed by atoms with van der Waals surface area (Å²) in [4.78, 5) is 13.5. The third-order valence-electron chi connectivity index (χ3n) is 3.00. The Morgan fingerprint density at radius 2 is 1.70 bits per heavy atom. The highest BCUT2D eigenvalue weighted by Gasteiger charge is 2.14. The average Bonchev–Trinajstić information content (AvgIpc) is 2.45. The summed E-state index contributed by atoms with van der Waals surface area (Å²) in [6.07, 6.45) is 0. The van der Waals surface area contributed by atoms with Gasteiger partial charge in [0.2, 0.25) is 5.91 Å². The Morgan fingerprint density at radius 3 is 2.26 bits per heavy atom. The van der Waals surface area contributed by atoms with Crippen molar-refractivity contribution in [2.24, 2.45) is 0 Å². The third kappa shape index (κ3) is 4.47. The van der Waals surface area contributed by atoms with E-state index in [0.717, 1.165) is 12.1 Å². The van der Waals surface area contributed by atoms with E-state index in [9.17, 15) is 13.6 Å². The smallest absolute Gasteiger partial charge is 0.243 e. The Kier molecular flexibility index (Phi) is 5.68. The van der Waals surface area contributed by atoms with Crippen LogP contribution in [0.3, 0.4) is 0 Å². The summed E-state index contributed by atoms with van der Waals surface area (Å²) in [6.45, 7) is -0.111. The first-order chi connectivity index (χ1) is 10.8. The minimum Gasteiger partial charge on any atom is -0.365 e. The first kappa shape index (κ1) is 17.8. The number of rotatable bonds is 4. The van der Waals surface area contributed by atoms with Crippen LogP contribution in [-0.2, 0) is 4.79 Å². The Bertz CT molecular complexity index is 732. The molecule has 1 amide bonds. The predicted molar refractivity (Wildman–Crippen MR) is 89.7 cm³/mol. The molecule has 0 aliphatic rings. The second kappa shape index (κ2) is 7.34. The van der Waals surface area contributed by atoms with E-state index in [-0.39, 0.29) is 22.3 Å². The highest BCUT2D eigenvalue weighted by molar-refractivity contribution is 6.42. The Labute approximate surface area is 146 Å². The van der Waals surface area contributed by atoms with E-state index >= 15 is 0 Å². The molecular formula is C15H11Cl3F2N2O. The van der Waals surface area contributed by atoms with Gasteiger partial charge in [0.15, 0.2) is 11.6 Å². The number of carbonyl (C=O) groups excluding carboxylic acids is 1. The molecule has 0 heterocycles. The van der Waals surface area contributed by atoms with Crippen LogP contribution in [0.5, 0.6) is 0 Å². The number of benzene rings is 2. The summed E-state index contributed by atoms with van der Waals surface area (Å²) < 4.78 is 26.1. The first-order valence-corrected chi connectivity index (χ1v) is 7.52. The molecule has 122 valence electrons. The van der Waals surface area contributed by atoms with Gasteiger partial charge >= 0.3 is 0 Å². The molecule has 0 radical (unpaired) electrons. The number of carbonyl (C=O) groups is 1. The minimum absolute atomic E-state index is 0.111. The van der Waals surface area contributed by atoms with E-state index in [1.54, 1.807) is 7.05 Å². The molecular weight excluding hydrogens is 369 g/mol. The third-order valence-corrected chi connectivity index (χ3v) is 3.81. The highest BCUT2D eigenvalue weighted by Crippen LogP contribution is 2.33. The van der Waals surface area contributed by atoms with Crippen molar-refractivity contribution in [2.45, 2.75) is 0 Å². The van der Waals surface area contributed by atoms with Crippen LogP contribution in [0, 0.1) is 11.6 Å². The van der Waals surface area contributed by atoms with Crippen molar-refractivity contribution in [1.82, 2.24) is 0 Å². The van der Waals surface area contributed by atoms with E-state index in [4.69, 9.17) is 34.8 Å². The molecule has 0 aromatic heterocycles. The van der Waals surface area contributed by atoms with Crippen LogP contribution in [-0.4, -0.2) is 19.5 Å². The number of amides is 1. The SMILES string of the molecule is CN(CC(=O)Nc1c(Cl)cc(Cl)cc1Cl)c1ccc(F)c(F)c1. The van der Waals surface area contributed by atoms with Crippen LogP contribution in [0.1, 0.15) is 0 Å². The minimum atomic E-state index is -0.987. The summed E-state index contributed by atoms with van der Waals surface area (Å²) in [6, 6.07) is 6.26. The number of hydrogen-bond donors (Lipinski definition) is 1. The molecule has 0 saturated carbocycles. The van der Waals surface area contributed by atoms with Crippen molar-refractivity contribution in [1.29, 1.82) is 0 Å². The number of anilines is 2. The molecule has 0 aliphatic carbocycles. The number of nitrogens with zero attached hydrogens (tertiary/aromatic N) is 1. The molecule has 8 heteroatoms. The number of halogens is 5. The molecule has 0 saturated heterocycles. The van der Waals surface area contributed by atoms with Crippen LogP contribution in [0.25, 0.3) is 0 Å². The fraction of sp³-hybridized carbons (Fsp3) is 0.133. The van der Waals surface area contributed by atoms with Gasteiger partial charge in [-0.15, -0.1) is 0 Å². The molecule has 2 rings (SSSR count). The second-order valence-corrected chi connectivity index (χ2v) is 6.00. The Balaban J connectivity index is 2.09. The second-order valence-electron chi connectivity index (χ2n) is 4.75. The molecule has 2 aromatic rings. The van der Waals surface area contributed by atoms with Crippen LogP contribution in [0.4, 0.5) is 20.2 Å². The Hall–Kier alpha value is -1.56. The lowest BCUT2D eigenvalue weighted by atomic mass is 10.2. The van der Waals surface area contributed by atoms with Gasteiger partial charge in [0.1, 0.15) is 0 Å². The molecule has 0 spiro atoms. The van der Waals surface area contributed by atoms with Gasteiger partial charge in [-0.1, -0.05) is 34.8 Å². The van der Waals surface area contributed by atoms with Crippen LogP contribution >= 0.6 is 34.8 Å². The molecule has 0 fully saturated rings. The number of hydrogen-bond acceptors (Lipinski definition) is 2. The van der Waals surface area contributed by atoms with Gasteiger partial charge in [0, 0.05) is 23.8 Å². The topological polar surface area (TPSA) is 32.3 Å². The van der Waals surface area contributed by atoms with Gasteiger partial charge in [-0.05, 0) is 24.3 Å². The van der Waals surface area contributed by atoms with E-state index < -0.39 is 17.5 Å².